The zero-order valence-corrected chi connectivity index (χ0v) is 13.6. The summed E-state index contributed by atoms with van der Waals surface area (Å²) in [6, 6.07) is 2.87. The smallest absolute Gasteiger partial charge is 0.335 e. The number of hydrogen-bond donors (Lipinski definition) is 3. The third kappa shape index (κ3) is 1.96. The fourth-order valence-corrected chi connectivity index (χ4v) is 4.47. The SMILES string of the molecule is O=C1NC(=O)C2(CCC3=C(C2)c2c(Br)ccc(C(=O)O)c2C3)N1. The molecule has 23 heavy (non-hydrogen) atoms. The van der Waals surface area contributed by atoms with Crippen LogP contribution in [0.25, 0.3) is 5.57 Å². The van der Waals surface area contributed by atoms with Crippen LogP contribution in [-0.4, -0.2) is 28.6 Å². The summed E-state index contributed by atoms with van der Waals surface area (Å²) in [6.45, 7) is 0. The number of allylic oxidation sites excluding steroid dienone is 1. The van der Waals surface area contributed by atoms with E-state index in [-0.39, 0.29) is 5.91 Å². The molecule has 4 rings (SSSR count). The van der Waals surface area contributed by atoms with E-state index in [9.17, 15) is 19.5 Å². The van der Waals surface area contributed by atoms with Crippen molar-refractivity contribution in [3.63, 3.8) is 0 Å². The highest BCUT2D eigenvalue weighted by Gasteiger charge is 2.50. The van der Waals surface area contributed by atoms with Gasteiger partial charge in [-0.3, -0.25) is 10.1 Å². The van der Waals surface area contributed by atoms with E-state index in [1.807, 2.05) is 0 Å². The fourth-order valence-electron chi connectivity index (χ4n) is 3.86. The number of halogens is 1. The number of hydrogen-bond acceptors (Lipinski definition) is 3. The monoisotopic (exact) mass is 376 g/mol. The molecule has 1 unspecified atom stereocenters. The van der Waals surface area contributed by atoms with Gasteiger partial charge in [-0.2, -0.15) is 0 Å². The summed E-state index contributed by atoms with van der Waals surface area (Å²) >= 11 is 3.50. The largest absolute Gasteiger partial charge is 0.478 e. The summed E-state index contributed by atoms with van der Waals surface area (Å²) in [5, 5.41) is 14.5. The number of benzene rings is 1. The number of imide groups is 1. The molecule has 1 saturated heterocycles. The van der Waals surface area contributed by atoms with Gasteiger partial charge in [-0.25, -0.2) is 9.59 Å². The molecule has 0 radical (unpaired) electrons. The number of carboxylic acids is 1. The van der Waals surface area contributed by atoms with Gasteiger partial charge in [-0.15, -0.1) is 0 Å². The number of carbonyl (C=O) groups excluding carboxylic acids is 2. The van der Waals surface area contributed by atoms with Crippen LogP contribution in [0.2, 0.25) is 0 Å². The van der Waals surface area contributed by atoms with Gasteiger partial charge in [-0.1, -0.05) is 21.5 Å². The minimum Gasteiger partial charge on any atom is -0.478 e. The van der Waals surface area contributed by atoms with Crippen molar-refractivity contribution in [1.29, 1.82) is 0 Å². The zero-order valence-electron chi connectivity index (χ0n) is 12.0. The molecule has 1 fully saturated rings. The molecule has 2 aliphatic carbocycles. The van der Waals surface area contributed by atoms with E-state index >= 15 is 0 Å². The molecular weight excluding hydrogens is 364 g/mol. The maximum absolute atomic E-state index is 12.2. The van der Waals surface area contributed by atoms with Crippen LogP contribution in [0.5, 0.6) is 0 Å². The summed E-state index contributed by atoms with van der Waals surface area (Å²) in [5.41, 5.74) is 3.20. The van der Waals surface area contributed by atoms with E-state index in [4.69, 9.17) is 0 Å². The molecule has 1 heterocycles. The van der Waals surface area contributed by atoms with Gasteiger partial charge in [-0.05, 0) is 48.1 Å². The molecule has 3 aliphatic rings. The van der Waals surface area contributed by atoms with Gasteiger partial charge < -0.3 is 10.4 Å². The molecule has 1 aromatic rings. The lowest BCUT2D eigenvalue weighted by Crippen LogP contribution is -2.48. The molecule has 0 saturated carbocycles. The Balaban J connectivity index is 1.81. The average Bonchev–Trinajstić information content (AvgIpc) is 2.97. The van der Waals surface area contributed by atoms with Crippen LogP contribution < -0.4 is 10.6 Å². The number of urea groups is 1. The van der Waals surface area contributed by atoms with E-state index in [1.54, 1.807) is 12.1 Å². The van der Waals surface area contributed by atoms with Crippen molar-refractivity contribution in [2.24, 2.45) is 0 Å². The second-order valence-corrected chi connectivity index (χ2v) is 7.03. The van der Waals surface area contributed by atoms with Crippen LogP contribution in [-0.2, 0) is 11.2 Å². The highest BCUT2D eigenvalue weighted by Crippen LogP contribution is 2.49. The van der Waals surface area contributed by atoms with Crippen LogP contribution in [0.1, 0.15) is 40.7 Å². The first-order valence-corrected chi connectivity index (χ1v) is 8.10. The van der Waals surface area contributed by atoms with Crippen molar-refractivity contribution in [2.45, 2.75) is 31.2 Å². The first-order chi connectivity index (χ1) is 10.9. The standard InChI is InChI=1S/C16H13BrN2O4/c17-11-2-1-8(13(20)21)9-5-7-3-4-16(6-10(7)12(9)11)14(22)18-15(23)19-16/h1-2H,3-6H2,(H,20,21)(H2,18,19,22,23). The molecule has 3 N–H and O–H groups in total. The van der Waals surface area contributed by atoms with Gasteiger partial charge in [0.25, 0.3) is 5.91 Å². The second-order valence-electron chi connectivity index (χ2n) is 6.18. The van der Waals surface area contributed by atoms with Crippen molar-refractivity contribution in [3.8, 4) is 0 Å². The van der Waals surface area contributed by atoms with Crippen molar-refractivity contribution in [2.75, 3.05) is 0 Å². The third-order valence-electron chi connectivity index (χ3n) is 4.96. The number of rotatable bonds is 1. The predicted molar refractivity (Wildman–Crippen MR) is 85.0 cm³/mol. The quantitative estimate of drug-likeness (QED) is 0.654. The molecule has 6 nitrogen and oxygen atoms in total. The minimum atomic E-state index is -0.949. The highest BCUT2D eigenvalue weighted by molar-refractivity contribution is 9.10. The summed E-state index contributed by atoms with van der Waals surface area (Å²) in [6.07, 6.45) is 2.20. The first kappa shape index (κ1) is 14.4. The zero-order chi connectivity index (χ0) is 16.4. The van der Waals surface area contributed by atoms with Crippen molar-refractivity contribution in [3.05, 3.63) is 38.9 Å². The number of aromatic carboxylic acids is 1. The summed E-state index contributed by atoms with van der Waals surface area (Å²) in [7, 11) is 0. The molecule has 3 amide bonds. The first-order valence-electron chi connectivity index (χ1n) is 7.31. The summed E-state index contributed by atoms with van der Waals surface area (Å²) in [4.78, 5) is 35.2. The van der Waals surface area contributed by atoms with Gasteiger partial charge in [0.15, 0.2) is 0 Å². The predicted octanol–water partition coefficient (Wildman–Crippen LogP) is 2.22. The van der Waals surface area contributed by atoms with Gasteiger partial charge in [0.1, 0.15) is 5.54 Å². The fraction of sp³-hybridized carbons (Fsp3) is 0.312. The van der Waals surface area contributed by atoms with Crippen LogP contribution in [0.15, 0.2) is 22.2 Å². The molecule has 7 heteroatoms. The molecule has 1 aliphatic heterocycles. The van der Waals surface area contributed by atoms with Crippen molar-refractivity contribution < 1.29 is 19.5 Å². The Labute approximate surface area is 140 Å². The van der Waals surface area contributed by atoms with E-state index in [0.717, 1.165) is 26.7 Å². The lowest BCUT2D eigenvalue weighted by Gasteiger charge is -2.31. The Bertz CT molecular complexity index is 830. The Hall–Kier alpha value is -2.15. The van der Waals surface area contributed by atoms with E-state index in [0.29, 0.717) is 31.2 Å². The van der Waals surface area contributed by atoms with Gasteiger partial charge in [0.2, 0.25) is 0 Å². The lowest BCUT2D eigenvalue weighted by molar-refractivity contribution is -0.124. The van der Waals surface area contributed by atoms with Gasteiger partial charge in [0.05, 0.1) is 5.56 Å². The molecule has 1 aromatic carbocycles. The van der Waals surface area contributed by atoms with Crippen LogP contribution in [0.4, 0.5) is 4.79 Å². The van der Waals surface area contributed by atoms with Gasteiger partial charge in [0, 0.05) is 10.9 Å². The number of nitrogens with one attached hydrogen (secondary N) is 2. The van der Waals surface area contributed by atoms with Gasteiger partial charge >= 0.3 is 12.0 Å². The molecule has 0 aromatic heterocycles. The molecular formula is C16H13BrN2O4. The van der Waals surface area contributed by atoms with E-state index in [2.05, 4.69) is 26.6 Å². The molecule has 1 atom stereocenters. The van der Waals surface area contributed by atoms with Crippen LogP contribution >= 0.6 is 15.9 Å². The Morgan fingerprint density at radius 2 is 2.09 bits per heavy atom. The third-order valence-corrected chi connectivity index (χ3v) is 5.62. The van der Waals surface area contributed by atoms with Crippen molar-refractivity contribution >= 4 is 39.4 Å². The van der Waals surface area contributed by atoms with Crippen molar-refractivity contribution in [1.82, 2.24) is 10.6 Å². The van der Waals surface area contributed by atoms with E-state index < -0.39 is 17.5 Å². The van der Waals surface area contributed by atoms with E-state index in [1.165, 1.54) is 0 Å². The average molecular weight is 377 g/mol. The molecule has 118 valence electrons. The van der Waals surface area contributed by atoms with Crippen LogP contribution in [0, 0.1) is 0 Å². The number of fused-ring (bicyclic) bond motifs is 2. The minimum absolute atomic E-state index is 0.298. The lowest BCUT2D eigenvalue weighted by atomic mass is 9.78. The number of carbonyl (C=O) groups is 3. The second kappa shape index (κ2) is 4.67. The van der Waals surface area contributed by atoms with Crippen LogP contribution in [0.3, 0.4) is 0 Å². The number of carboxylic acid groups (broad SMARTS) is 1. The Kier molecular flexibility index (Phi) is 2.93. The Morgan fingerprint density at radius 1 is 1.30 bits per heavy atom. The maximum Gasteiger partial charge on any atom is 0.335 e. The summed E-state index contributed by atoms with van der Waals surface area (Å²) < 4.78 is 0.823. The topological polar surface area (TPSA) is 95.5 Å². The normalized spacial score (nSPS) is 25.3. The molecule has 0 bridgehead atoms. The maximum atomic E-state index is 12.2. The number of amides is 3. The Morgan fingerprint density at radius 3 is 2.74 bits per heavy atom. The molecule has 1 spiro atoms. The highest BCUT2D eigenvalue weighted by atomic mass is 79.9. The summed E-state index contributed by atoms with van der Waals surface area (Å²) in [5.74, 6) is -1.25.